The van der Waals surface area contributed by atoms with Crippen LogP contribution in [0.1, 0.15) is 12.6 Å². The van der Waals surface area contributed by atoms with E-state index in [0.29, 0.717) is 32.1 Å². The van der Waals surface area contributed by atoms with Crippen molar-refractivity contribution in [2.45, 2.75) is 18.9 Å². The summed E-state index contributed by atoms with van der Waals surface area (Å²) in [6.07, 6.45) is 2.70. The zero-order valence-corrected chi connectivity index (χ0v) is 14.5. The topological polar surface area (TPSA) is 107 Å². The van der Waals surface area contributed by atoms with Gasteiger partial charge in [0.05, 0.1) is 12.5 Å². The highest BCUT2D eigenvalue weighted by Crippen LogP contribution is 2.20. The van der Waals surface area contributed by atoms with Gasteiger partial charge in [0, 0.05) is 44.5 Å². The van der Waals surface area contributed by atoms with E-state index >= 15 is 0 Å². The molecule has 1 fully saturated rings. The molecule has 24 heavy (non-hydrogen) atoms. The number of nitrogens with zero attached hydrogens (tertiary/aromatic N) is 5. The molecule has 0 aliphatic carbocycles. The van der Waals surface area contributed by atoms with E-state index in [9.17, 15) is 8.42 Å². The van der Waals surface area contributed by atoms with Crippen molar-refractivity contribution in [2.24, 2.45) is 0 Å². The van der Waals surface area contributed by atoms with Gasteiger partial charge in [-0.2, -0.15) is 9.29 Å². The number of aryl methyl sites for hydroxylation is 1. The van der Waals surface area contributed by atoms with Crippen molar-refractivity contribution in [2.75, 3.05) is 42.9 Å². The summed E-state index contributed by atoms with van der Waals surface area (Å²) in [6, 6.07) is 1.92. The lowest BCUT2D eigenvalue weighted by molar-refractivity contribution is 0.382. The van der Waals surface area contributed by atoms with Crippen LogP contribution in [0.2, 0.25) is 0 Å². The van der Waals surface area contributed by atoms with Crippen molar-refractivity contribution in [3.05, 3.63) is 24.3 Å². The Labute approximate surface area is 141 Å². The smallest absolute Gasteiger partial charge is 0.260 e. The number of piperazine rings is 1. The van der Waals surface area contributed by atoms with E-state index < -0.39 is 10.0 Å². The predicted octanol–water partition coefficient (Wildman–Crippen LogP) is 0.451. The number of anilines is 2. The summed E-state index contributed by atoms with van der Waals surface area (Å²) in [7, 11) is -3.51. The molecule has 0 spiro atoms. The molecule has 1 saturated heterocycles. The van der Waals surface area contributed by atoms with Gasteiger partial charge >= 0.3 is 0 Å². The predicted molar refractivity (Wildman–Crippen MR) is 90.5 cm³/mol. The molecule has 1 aliphatic heterocycles. The van der Waals surface area contributed by atoms with E-state index in [1.807, 2.05) is 19.9 Å². The number of hydrogen-bond acceptors (Lipinski definition) is 7. The van der Waals surface area contributed by atoms with E-state index in [4.69, 9.17) is 0 Å². The van der Waals surface area contributed by atoms with Gasteiger partial charge in [-0.3, -0.25) is 0 Å². The van der Waals surface area contributed by atoms with E-state index in [-0.39, 0.29) is 5.03 Å². The highest BCUT2D eigenvalue weighted by molar-refractivity contribution is 7.89. The molecule has 3 heterocycles. The van der Waals surface area contributed by atoms with Crippen molar-refractivity contribution >= 4 is 21.8 Å². The Kier molecular flexibility index (Phi) is 4.67. The first kappa shape index (κ1) is 16.7. The number of sulfonamides is 1. The third kappa shape index (κ3) is 3.34. The minimum Gasteiger partial charge on any atom is -0.354 e. The van der Waals surface area contributed by atoms with E-state index in [0.717, 1.165) is 18.1 Å². The summed E-state index contributed by atoms with van der Waals surface area (Å²) in [4.78, 5) is 17.4. The molecule has 2 aromatic rings. The largest absolute Gasteiger partial charge is 0.354 e. The summed E-state index contributed by atoms with van der Waals surface area (Å²) in [5, 5.41) is 3.24. The maximum Gasteiger partial charge on any atom is 0.260 e. The number of hydrogen-bond donors (Lipinski definition) is 2. The minimum atomic E-state index is -3.51. The summed E-state index contributed by atoms with van der Waals surface area (Å²) < 4.78 is 26.4. The van der Waals surface area contributed by atoms with Crippen LogP contribution in [0.4, 0.5) is 11.8 Å². The molecule has 0 unspecified atom stereocenters. The average Bonchev–Trinajstić information content (AvgIpc) is 3.10. The van der Waals surface area contributed by atoms with Crippen LogP contribution in [0.5, 0.6) is 0 Å². The van der Waals surface area contributed by atoms with Gasteiger partial charge in [0.1, 0.15) is 5.82 Å². The quantitative estimate of drug-likeness (QED) is 0.805. The first-order valence-electron chi connectivity index (χ1n) is 7.83. The van der Waals surface area contributed by atoms with Gasteiger partial charge in [-0.15, -0.1) is 0 Å². The normalized spacial score (nSPS) is 16.3. The third-order valence-corrected chi connectivity index (χ3v) is 5.65. The summed E-state index contributed by atoms with van der Waals surface area (Å²) in [5.41, 5.74) is 0.878. The van der Waals surface area contributed by atoms with Crippen LogP contribution in [0.25, 0.3) is 0 Å². The second kappa shape index (κ2) is 6.73. The SMILES string of the molecule is CCNc1nc(C)cc(N2CCN(S(=O)(=O)c3cnc[nH]3)CC2)n1. The fourth-order valence-electron chi connectivity index (χ4n) is 2.63. The third-order valence-electron chi connectivity index (χ3n) is 3.83. The first-order chi connectivity index (χ1) is 11.5. The molecule has 10 heteroatoms. The maximum absolute atomic E-state index is 12.5. The number of aromatic amines is 1. The molecule has 1 aliphatic rings. The Bertz CT molecular complexity index is 783. The van der Waals surface area contributed by atoms with Gasteiger partial charge in [0.2, 0.25) is 5.95 Å². The Hall–Kier alpha value is -2.20. The summed E-state index contributed by atoms with van der Waals surface area (Å²) in [6.45, 7) is 6.63. The van der Waals surface area contributed by atoms with Crippen molar-refractivity contribution in [1.82, 2.24) is 24.2 Å². The monoisotopic (exact) mass is 351 g/mol. The molecule has 0 atom stereocenters. The minimum absolute atomic E-state index is 0.128. The van der Waals surface area contributed by atoms with Gasteiger partial charge < -0.3 is 15.2 Å². The van der Waals surface area contributed by atoms with Gasteiger partial charge in [0.25, 0.3) is 10.0 Å². The van der Waals surface area contributed by atoms with Crippen LogP contribution in [0.15, 0.2) is 23.6 Å². The highest BCUT2D eigenvalue weighted by atomic mass is 32.2. The molecule has 3 rings (SSSR count). The van der Waals surface area contributed by atoms with E-state index in [1.165, 1.54) is 16.8 Å². The number of aromatic nitrogens is 4. The highest BCUT2D eigenvalue weighted by Gasteiger charge is 2.30. The summed E-state index contributed by atoms with van der Waals surface area (Å²) >= 11 is 0. The number of H-pyrrole nitrogens is 1. The zero-order valence-electron chi connectivity index (χ0n) is 13.7. The lowest BCUT2D eigenvalue weighted by Crippen LogP contribution is -2.49. The first-order valence-corrected chi connectivity index (χ1v) is 9.27. The molecule has 2 N–H and O–H groups in total. The van der Waals surface area contributed by atoms with Crippen molar-refractivity contribution in [1.29, 1.82) is 0 Å². The molecule has 0 saturated carbocycles. The molecule has 9 nitrogen and oxygen atoms in total. The van der Waals surface area contributed by atoms with Gasteiger partial charge in [-0.25, -0.2) is 18.4 Å². The van der Waals surface area contributed by atoms with Crippen LogP contribution in [0, 0.1) is 6.92 Å². The van der Waals surface area contributed by atoms with Crippen LogP contribution in [-0.2, 0) is 10.0 Å². The number of imidazole rings is 1. The lowest BCUT2D eigenvalue weighted by atomic mass is 10.3. The van der Waals surface area contributed by atoms with E-state index in [2.05, 4.69) is 30.2 Å². The molecule has 130 valence electrons. The molecule has 0 aromatic carbocycles. The van der Waals surface area contributed by atoms with Crippen LogP contribution < -0.4 is 10.2 Å². The zero-order chi connectivity index (χ0) is 17.2. The molecule has 0 radical (unpaired) electrons. The number of rotatable bonds is 5. The van der Waals surface area contributed by atoms with Crippen LogP contribution in [0.3, 0.4) is 0 Å². The van der Waals surface area contributed by atoms with Gasteiger partial charge in [0.15, 0.2) is 5.03 Å². The Balaban J connectivity index is 1.71. The van der Waals surface area contributed by atoms with Crippen molar-refractivity contribution in [3.63, 3.8) is 0 Å². The van der Waals surface area contributed by atoms with Crippen LogP contribution in [-0.4, -0.2) is 65.4 Å². The average molecular weight is 351 g/mol. The standard InChI is InChI=1S/C14H21N7O2S/c1-3-16-14-18-11(2)8-12(19-14)20-4-6-21(7-5-20)24(22,23)13-9-15-10-17-13/h8-10H,3-7H2,1-2H3,(H,15,17)(H,16,18,19). The van der Waals surface area contributed by atoms with Crippen LogP contribution >= 0.6 is 0 Å². The molecule has 2 aromatic heterocycles. The Morgan fingerprint density at radius 1 is 1.25 bits per heavy atom. The van der Waals surface area contributed by atoms with Crippen molar-refractivity contribution in [3.8, 4) is 0 Å². The molecular formula is C14H21N7O2S. The van der Waals surface area contributed by atoms with Crippen molar-refractivity contribution < 1.29 is 8.42 Å². The molecular weight excluding hydrogens is 330 g/mol. The lowest BCUT2D eigenvalue weighted by Gasteiger charge is -2.34. The fraction of sp³-hybridized carbons (Fsp3) is 0.500. The van der Waals surface area contributed by atoms with Gasteiger partial charge in [-0.05, 0) is 13.8 Å². The summed E-state index contributed by atoms with van der Waals surface area (Å²) in [5.74, 6) is 1.41. The number of nitrogens with one attached hydrogen (secondary N) is 2. The fourth-order valence-corrected chi connectivity index (χ4v) is 3.95. The Morgan fingerprint density at radius 2 is 2.00 bits per heavy atom. The maximum atomic E-state index is 12.5. The second-order valence-corrected chi connectivity index (χ2v) is 7.43. The Morgan fingerprint density at radius 3 is 2.62 bits per heavy atom. The second-order valence-electron chi connectivity index (χ2n) is 5.53. The van der Waals surface area contributed by atoms with E-state index in [1.54, 1.807) is 0 Å². The molecule has 0 bridgehead atoms. The molecule has 0 amide bonds. The van der Waals surface area contributed by atoms with Gasteiger partial charge in [-0.1, -0.05) is 0 Å².